The first-order chi connectivity index (χ1) is 35.3. The summed E-state index contributed by atoms with van der Waals surface area (Å²) in [5.41, 5.74) is 1.86. The Hall–Kier alpha value is -3.57. The number of pyridine rings is 1. The second-order valence-corrected chi connectivity index (χ2v) is 22.9. The molecule has 4 aliphatic rings. The molecular weight excluding hydrogens is 971 g/mol. The maximum Gasteiger partial charge on any atom is 0.422 e. The molecule has 20 heteroatoms. The number of methoxy groups -OCH3 is 1. The predicted molar refractivity (Wildman–Crippen MR) is 278 cm³/mol. The van der Waals surface area contributed by atoms with Crippen LogP contribution in [0.25, 0.3) is 0 Å². The summed E-state index contributed by atoms with van der Waals surface area (Å²) in [5.74, 6) is -4.17. The second-order valence-electron chi connectivity index (χ2n) is 22.9. The minimum absolute atomic E-state index is 0.0404. The number of aliphatic hydroxyl groups is 3. The van der Waals surface area contributed by atoms with Crippen molar-refractivity contribution in [1.82, 2.24) is 20.7 Å². The van der Waals surface area contributed by atoms with Crippen LogP contribution in [0.3, 0.4) is 0 Å². The van der Waals surface area contributed by atoms with Crippen LogP contribution in [0.4, 0.5) is 4.79 Å². The topological polar surface area (TPSA) is 248 Å². The zero-order chi connectivity index (χ0) is 55.4. The fourth-order valence-electron chi connectivity index (χ4n) is 12.0. The van der Waals surface area contributed by atoms with E-state index >= 15 is 0 Å². The number of cyclic esters (lactones) is 1. The molecule has 1 aliphatic carbocycles. The van der Waals surface area contributed by atoms with E-state index in [1.165, 1.54) is 53.1 Å². The Balaban J connectivity index is 1.59. The van der Waals surface area contributed by atoms with Gasteiger partial charge in [0.1, 0.15) is 23.9 Å². The Kier molecular flexibility index (Phi) is 23.1. The van der Waals surface area contributed by atoms with E-state index in [1.807, 2.05) is 45.0 Å². The number of likely N-dealkylation sites (N-methyl/N-ethyl adjacent to an activating group) is 1. The van der Waals surface area contributed by atoms with Crippen LogP contribution < -0.4 is 10.9 Å². The summed E-state index contributed by atoms with van der Waals surface area (Å²) in [6, 6.07) is 3.20. The van der Waals surface area contributed by atoms with Crippen LogP contribution in [-0.4, -0.2) is 161 Å². The first kappa shape index (κ1) is 62.3. The molecule has 4 heterocycles. The van der Waals surface area contributed by atoms with E-state index in [2.05, 4.69) is 21.0 Å². The molecule has 3 saturated heterocycles. The lowest BCUT2D eigenvalue weighted by molar-refractivity contribution is -0.318. The zero-order valence-corrected chi connectivity index (χ0v) is 47.3. The van der Waals surface area contributed by atoms with Gasteiger partial charge in [-0.25, -0.2) is 10.2 Å². The molecule has 1 aromatic rings. The highest BCUT2D eigenvalue weighted by Crippen LogP contribution is 2.42. The number of aromatic nitrogens is 1. The molecule has 1 aromatic heterocycles. The SMILES string of the molecule is CC[C@H]1OC(=O)[C@H](C)[C@@H](O[C@H]2C[C@@](C)(OC)[C@@H](OC(C)=O)[C@H](C)O2)[C@H](C)[C@@H](O[C@@H]2O[C@H](C)C[C@H](N(C)C)[C@H]2OC(=O)NNCc2ccncc2)C(C)(O)C[C@@H](C)/C(=N\OCCCC2CCCCC2)[C@H](C)[C@@H](O)[C@]1(C)O. The highest BCUT2D eigenvalue weighted by Gasteiger charge is 2.55. The molecule has 0 aromatic carbocycles. The molecule has 5 N–H and O–H groups in total. The summed E-state index contributed by atoms with van der Waals surface area (Å²) in [6.45, 7) is 19.2. The van der Waals surface area contributed by atoms with Crippen LogP contribution in [-0.2, 0) is 58.9 Å². The van der Waals surface area contributed by atoms with E-state index < -0.39 is 126 Å². The Morgan fingerprint density at radius 1 is 0.920 bits per heavy atom. The molecular formula is C55H93N5O15. The number of nitrogens with zero attached hydrogens (tertiary/aromatic N) is 3. The van der Waals surface area contributed by atoms with Crippen molar-refractivity contribution in [2.45, 2.75) is 238 Å². The van der Waals surface area contributed by atoms with Crippen molar-refractivity contribution in [3.05, 3.63) is 30.1 Å². The average molecular weight is 1060 g/mol. The number of esters is 2. The van der Waals surface area contributed by atoms with Crippen molar-refractivity contribution in [1.29, 1.82) is 0 Å². The van der Waals surface area contributed by atoms with Gasteiger partial charge in [0.15, 0.2) is 24.8 Å². The highest BCUT2D eigenvalue weighted by atomic mass is 16.7. The van der Waals surface area contributed by atoms with Crippen molar-refractivity contribution in [3.63, 3.8) is 0 Å². The number of oxime groups is 1. The summed E-state index contributed by atoms with van der Waals surface area (Å²) >= 11 is 0. The van der Waals surface area contributed by atoms with Gasteiger partial charge in [-0.3, -0.25) is 20.0 Å². The number of amides is 1. The van der Waals surface area contributed by atoms with Gasteiger partial charge in [-0.15, -0.1) is 0 Å². The minimum atomic E-state index is -1.98. The van der Waals surface area contributed by atoms with Crippen molar-refractivity contribution < 1.29 is 72.4 Å². The van der Waals surface area contributed by atoms with Crippen molar-refractivity contribution in [3.8, 4) is 0 Å². The van der Waals surface area contributed by atoms with Gasteiger partial charge in [-0.2, -0.15) is 0 Å². The third-order valence-electron chi connectivity index (χ3n) is 16.3. The second kappa shape index (κ2) is 27.8. The molecule has 0 radical (unpaired) electrons. The standard InChI is InChI=1S/C55H93N5O15/c1-15-42-55(11,66)47(62)34(4)44(59-68-27-19-22-39-20-17-16-18-21-39)32(2)29-53(9,65)48(35(5)45(36(6)50(63)72-42)73-43-30-54(10,67-14)49(37(7)70-43)71-38(8)61)75-51-46(41(60(12)13)28-33(3)69-51)74-52(64)58-57-31-40-23-25-56-26-24-40/h23-26,32-37,39,41-43,45-49,51,57,62,65-66H,15-22,27-31H2,1-14H3,(H,58,64)/b59-44+/t32-,33-,34+,35+,36-,37+,41+,42-,43+,45+,46-,47-,48-,49+,51+,53?,54-,55-/m1/s1. The van der Waals surface area contributed by atoms with Gasteiger partial charge in [-0.05, 0) is 111 Å². The van der Waals surface area contributed by atoms with Gasteiger partial charge in [0.2, 0.25) is 0 Å². The van der Waals surface area contributed by atoms with Gasteiger partial charge in [-0.1, -0.05) is 65.0 Å². The summed E-state index contributed by atoms with van der Waals surface area (Å²) in [4.78, 5) is 52.8. The number of nitrogens with one attached hydrogen (secondary N) is 2. The molecule has 1 unspecified atom stereocenters. The fourth-order valence-corrected chi connectivity index (χ4v) is 12.0. The van der Waals surface area contributed by atoms with Gasteiger partial charge < -0.3 is 63.0 Å². The number of carbonyl (C=O) groups excluding carboxylic acids is 3. The molecule has 75 heavy (non-hydrogen) atoms. The lowest BCUT2D eigenvalue weighted by Crippen LogP contribution is -2.62. The van der Waals surface area contributed by atoms with Gasteiger partial charge in [0, 0.05) is 57.1 Å². The lowest BCUT2D eigenvalue weighted by Gasteiger charge is -2.49. The Labute approximate surface area is 445 Å². The maximum absolute atomic E-state index is 14.8. The number of hydrogen-bond acceptors (Lipinski definition) is 19. The van der Waals surface area contributed by atoms with Crippen LogP contribution >= 0.6 is 0 Å². The molecule has 4 fully saturated rings. The molecule has 18 atom stereocenters. The van der Waals surface area contributed by atoms with E-state index in [9.17, 15) is 29.7 Å². The summed E-state index contributed by atoms with van der Waals surface area (Å²) in [5, 5.41) is 42.5. The molecule has 428 valence electrons. The molecule has 5 rings (SSSR count). The van der Waals surface area contributed by atoms with Crippen LogP contribution in [0, 0.1) is 29.6 Å². The van der Waals surface area contributed by atoms with Crippen LogP contribution in [0.1, 0.15) is 152 Å². The smallest absolute Gasteiger partial charge is 0.422 e. The van der Waals surface area contributed by atoms with Crippen molar-refractivity contribution >= 4 is 23.7 Å². The number of aliphatic hydroxyl groups excluding tert-OH is 1. The predicted octanol–water partition coefficient (Wildman–Crippen LogP) is 6.35. The third kappa shape index (κ3) is 16.5. The highest BCUT2D eigenvalue weighted by molar-refractivity contribution is 5.88. The van der Waals surface area contributed by atoms with Crippen molar-refractivity contribution in [2.24, 2.45) is 34.7 Å². The van der Waals surface area contributed by atoms with E-state index in [4.69, 9.17) is 42.7 Å². The van der Waals surface area contributed by atoms with E-state index in [0.29, 0.717) is 24.7 Å². The number of ether oxygens (including phenoxy) is 8. The van der Waals surface area contributed by atoms with E-state index in [0.717, 1.165) is 18.4 Å². The normalized spacial score (nSPS) is 39.3. The Bertz CT molecular complexity index is 1970. The van der Waals surface area contributed by atoms with Gasteiger partial charge in [0.25, 0.3) is 0 Å². The molecule has 1 saturated carbocycles. The summed E-state index contributed by atoms with van der Waals surface area (Å²) in [6.07, 6.45) is 0.573. The number of carbonyl (C=O) groups is 3. The minimum Gasteiger partial charge on any atom is -0.459 e. The first-order valence-electron chi connectivity index (χ1n) is 27.4. The quantitative estimate of drug-likeness (QED) is 0.0493. The number of rotatable bonds is 17. The van der Waals surface area contributed by atoms with Crippen molar-refractivity contribution in [2.75, 3.05) is 27.8 Å². The Morgan fingerprint density at radius 2 is 1.60 bits per heavy atom. The van der Waals surface area contributed by atoms with Gasteiger partial charge in [0.05, 0.1) is 53.8 Å². The molecule has 20 nitrogen and oxygen atoms in total. The Morgan fingerprint density at radius 3 is 2.23 bits per heavy atom. The largest absolute Gasteiger partial charge is 0.459 e. The molecule has 0 spiro atoms. The van der Waals surface area contributed by atoms with Gasteiger partial charge >= 0.3 is 18.0 Å². The molecule has 3 aliphatic heterocycles. The van der Waals surface area contributed by atoms with E-state index in [-0.39, 0.29) is 25.8 Å². The summed E-state index contributed by atoms with van der Waals surface area (Å²) in [7, 11) is 5.25. The van der Waals surface area contributed by atoms with Crippen LogP contribution in [0.5, 0.6) is 0 Å². The number of hydrazine groups is 1. The van der Waals surface area contributed by atoms with Crippen LogP contribution in [0.15, 0.2) is 29.7 Å². The first-order valence-corrected chi connectivity index (χ1v) is 27.4. The summed E-state index contributed by atoms with van der Waals surface area (Å²) < 4.78 is 51.2. The lowest BCUT2D eigenvalue weighted by atomic mass is 9.73. The fraction of sp³-hybridized carbons (Fsp3) is 0.836. The molecule has 0 bridgehead atoms. The monoisotopic (exact) mass is 1060 g/mol. The average Bonchev–Trinajstić information content (AvgIpc) is 3.35. The zero-order valence-electron chi connectivity index (χ0n) is 47.3. The third-order valence-corrected chi connectivity index (χ3v) is 16.3. The number of hydrogen-bond donors (Lipinski definition) is 5. The molecule has 1 amide bonds. The van der Waals surface area contributed by atoms with Crippen LogP contribution in [0.2, 0.25) is 0 Å². The maximum atomic E-state index is 14.8. The van der Waals surface area contributed by atoms with E-state index in [1.54, 1.807) is 60.9 Å².